The Morgan fingerprint density at radius 2 is 1.80 bits per heavy atom. The van der Waals surface area contributed by atoms with Gasteiger partial charge in [-0.15, -0.1) is 0 Å². The highest BCUT2D eigenvalue weighted by molar-refractivity contribution is 7.85. The fourth-order valence-electron chi connectivity index (χ4n) is 4.64. The lowest BCUT2D eigenvalue weighted by atomic mass is 10.2. The van der Waals surface area contributed by atoms with Crippen molar-refractivity contribution < 1.29 is 22.5 Å². The van der Waals surface area contributed by atoms with Gasteiger partial charge in [0, 0.05) is 61.3 Å². The number of carbonyl (C=O) groups is 1. The van der Waals surface area contributed by atoms with Gasteiger partial charge in [0.2, 0.25) is 11.9 Å². The zero-order chi connectivity index (χ0) is 32.0. The van der Waals surface area contributed by atoms with E-state index in [1.807, 2.05) is 19.1 Å². The molecule has 13 nitrogen and oxygen atoms in total. The molecular weight excluding hydrogens is 586 g/mol. The van der Waals surface area contributed by atoms with Gasteiger partial charge in [0.1, 0.15) is 5.75 Å². The Bertz CT molecular complexity index is 1840. The molecule has 232 valence electrons. The molecule has 3 heterocycles. The molecule has 0 spiro atoms. The lowest BCUT2D eigenvalue weighted by Gasteiger charge is -2.34. The predicted molar refractivity (Wildman–Crippen MR) is 172 cm³/mol. The topological polar surface area (TPSA) is 159 Å². The van der Waals surface area contributed by atoms with Gasteiger partial charge in [-0.1, -0.05) is 12.6 Å². The zero-order valence-electron chi connectivity index (χ0n) is 24.9. The van der Waals surface area contributed by atoms with Gasteiger partial charge in [-0.05, 0) is 55.9 Å². The monoisotopic (exact) mass is 621 g/mol. The molecular formula is C30H35N7O6S. The molecule has 0 bridgehead atoms. The van der Waals surface area contributed by atoms with Crippen molar-refractivity contribution in [2.24, 2.45) is 0 Å². The smallest absolute Gasteiger partial charge is 0.261 e. The van der Waals surface area contributed by atoms with Gasteiger partial charge in [-0.2, -0.15) is 13.4 Å². The highest BCUT2D eigenvalue weighted by Crippen LogP contribution is 2.32. The second kappa shape index (κ2) is 13.7. The fraction of sp³-hybridized carbons (Fsp3) is 0.267. The summed E-state index contributed by atoms with van der Waals surface area (Å²) in [5.74, 6) is 0.653. The molecule has 1 aliphatic rings. The van der Waals surface area contributed by atoms with E-state index in [4.69, 9.17) is 14.3 Å². The van der Waals surface area contributed by atoms with Crippen LogP contribution in [-0.2, 0) is 14.9 Å². The number of rotatable bonds is 7. The average Bonchev–Trinajstić information content (AvgIpc) is 2.97. The summed E-state index contributed by atoms with van der Waals surface area (Å²) >= 11 is 0. The molecule has 3 N–H and O–H groups in total. The van der Waals surface area contributed by atoms with Gasteiger partial charge in [-0.3, -0.25) is 18.7 Å². The van der Waals surface area contributed by atoms with Crippen LogP contribution in [-0.4, -0.2) is 84.9 Å². The van der Waals surface area contributed by atoms with Crippen LogP contribution in [0.4, 0.5) is 23.0 Å². The number of methoxy groups -OCH3 is 1. The van der Waals surface area contributed by atoms with Crippen molar-refractivity contribution >= 4 is 50.1 Å². The lowest BCUT2D eigenvalue weighted by molar-refractivity contribution is -0.111. The van der Waals surface area contributed by atoms with Crippen LogP contribution in [0.15, 0.2) is 72.2 Å². The van der Waals surface area contributed by atoms with E-state index in [1.54, 1.807) is 43.6 Å². The molecule has 0 aliphatic carbocycles. The Kier molecular flexibility index (Phi) is 9.98. The second-order valence-corrected chi connectivity index (χ2v) is 11.7. The number of benzene rings is 2. The number of anilines is 4. The number of amides is 1. The Morgan fingerprint density at radius 1 is 1.09 bits per heavy atom. The Morgan fingerprint density at radius 3 is 2.45 bits per heavy atom. The minimum atomic E-state index is -3.67. The number of hydrogen-bond donors (Lipinski definition) is 3. The zero-order valence-corrected chi connectivity index (χ0v) is 25.8. The summed E-state index contributed by atoms with van der Waals surface area (Å²) in [4.78, 5) is 38.9. The number of nitrogens with zero attached hydrogens (tertiary/aromatic N) is 5. The maximum atomic E-state index is 13.2. The standard InChI is InChI=1S/C29H31N7O3.CH4O3S/c1-5-26(37)31-20-7-6-8-22(16-20)36-27(38)15-19(2)23-18-30-29(33-28(23)36)32-24-10-9-21(17-25(24)39-4)35-13-11-34(3)12-14-35;1-5(2,3)4/h5-10,15-18H,1,11-14H2,2-4H3,(H,31,37)(H,30,32,33);1H3,(H,2,3,4). The number of piperazine rings is 1. The van der Waals surface area contributed by atoms with Gasteiger partial charge >= 0.3 is 0 Å². The molecule has 0 atom stereocenters. The molecule has 2 aromatic carbocycles. The fourth-order valence-corrected chi connectivity index (χ4v) is 4.64. The van der Waals surface area contributed by atoms with Gasteiger partial charge < -0.3 is 25.2 Å². The van der Waals surface area contributed by atoms with Crippen molar-refractivity contribution in [1.29, 1.82) is 0 Å². The first kappa shape index (κ1) is 32.1. The largest absolute Gasteiger partial charge is 0.494 e. The van der Waals surface area contributed by atoms with E-state index in [9.17, 15) is 18.0 Å². The van der Waals surface area contributed by atoms with Crippen LogP contribution in [0.5, 0.6) is 5.75 Å². The van der Waals surface area contributed by atoms with Crippen LogP contribution in [0.25, 0.3) is 16.7 Å². The first-order valence-corrected chi connectivity index (χ1v) is 15.5. The maximum absolute atomic E-state index is 13.2. The Hall–Kier alpha value is -4.79. The van der Waals surface area contributed by atoms with Gasteiger partial charge in [0.05, 0.1) is 24.7 Å². The summed E-state index contributed by atoms with van der Waals surface area (Å²) < 4.78 is 33.1. The summed E-state index contributed by atoms with van der Waals surface area (Å²) in [6.45, 7) is 9.27. The van der Waals surface area contributed by atoms with Crippen molar-refractivity contribution in [2.45, 2.75) is 6.92 Å². The van der Waals surface area contributed by atoms with Crippen LogP contribution < -0.4 is 25.8 Å². The average molecular weight is 622 g/mol. The molecule has 1 amide bonds. The number of fused-ring (bicyclic) bond motifs is 1. The van der Waals surface area contributed by atoms with Gasteiger partial charge in [0.15, 0.2) is 5.65 Å². The number of ether oxygens (including phenoxy) is 1. The lowest BCUT2D eigenvalue weighted by Crippen LogP contribution is -2.44. The summed E-state index contributed by atoms with van der Waals surface area (Å²) in [6, 6.07) is 14.6. The summed E-state index contributed by atoms with van der Waals surface area (Å²) in [5, 5.41) is 6.72. The maximum Gasteiger partial charge on any atom is 0.261 e. The number of hydrogen-bond acceptors (Lipinski definition) is 10. The molecule has 1 aliphatic heterocycles. The van der Waals surface area contributed by atoms with Crippen molar-refractivity contribution in [1.82, 2.24) is 19.4 Å². The quantitative estimate of drug-likeness (QED) is 0.205. The van der Waals surface area contributed by atoms with E-state index >= 15 is 0 Å². The predicted octanol–water partition coefficient (Wildman–Crippen LogP) is 3.22. The molecule has 4 aromatic rings. The summed E-state index contributed by atoms with van der Waals surface area (Å²) in [5.41, 5.74) is 3.87. The molecule has 0 unspecified atom stereocenters. The first-order chi connectivity index (χ1) is 20.9. The molecule has 0 radical (unpaired) electrons. The minimum Gasteiger partial charge on any atom is -0.494 e. The summed E-state index contributed by atoms with van der Waals surface area (Å²) in [6.07, 6.45) is 3.61. The minimum absolute atomic E-state index is 0.244. The van der Waals surface area contributed by atoms with Crippen LogP contribution in [0.3, 0.4) is 0 Å². The summed E-state index contributed by atoms with van der Waals surface area (Å²) in [7, 11) is 0.0988. The van der Waals surface area contributed by atoms with Crippen LogP contribution >= 0.6 is 0 Å². The number of nitrogens with one attached hydrogen (secondary N) is 2. The second-order valence-electron chi connectivity index (χ2n) is 10.2. The SMILES string of the molecule is C=CC(=O)Nc1cccc(-n2c(=O)cc(C)c3cnc(Nc4ccc(N5CCN(C)CC5)cc4OC)nc32)c1.CS(=O)(=O)O. The van der Waals surface area contributed by atoms with Crippen molar-refractivity contribution in [2.75, 3.05) is 62.1 Å². The van der Waals surface area contributed by atoms with Crippen LogP contribution in [0, 0.1) is 6.92 Å². The molecule has 0 saturated carbocycles. The van der Waals surface area contributed by atoms with Crippen LogP contribution in [0.2, 0.25) is 0 Å². The third kappa shape index (κ3) is 8.18. The highest BCUT2D eigenvalue weighted by atomic mass is 32.2. The number of pyridine rings is 1. The molecule has 2 aromatic heterocycles. The van der Waals surface area contributed by atoms with Gasteiger partial charge in [0.25, 0.3) is 15.7 Å². The van der Waals surface area contributed by atoms with E-state index in [2.05, 4.69) is 45.1 Å². The van der Waals surface area contributed by atoms with E-state index in [-0.39, 0.29) is 11.5 Å². The van der Waals surface area contributed by atoms with Gasteiger partial charge in [-0.25, -0.2) is 4.98 Å². The molecule has 5 rings (SSSR count). The number of aromatic nitrogens is 3. The van der Waals surface area contributed by atoms with Crippen LogP contribution in [0.1, 0.15) is 5.56 Å². The number of aryl methyl sites for hydroxylation is 1. The molecule has 1 saturated heterocycles. The third-order valence-corrected chi connectivity index (χ3v) is 6.82. The van der Waals surface area contributed by atoms with E-state index in [0.29, 0.717) is 40.7 Å². The number of likely N-dealkylation sites (N-methyl/N-ethyl adjacent to an activating group) is 1. The Labute approximate surface area is 255 Å². The first-order valence-electron chi connectivity index (χ1n) is 13.6. The van der Waals surface area contributed by atoms with Crippen molar-refractivity contribution in [3.05, 3.63) is 83.3 Å². The van der Waals surface area contributed by atoms with Crippen molar-refractivity contribution in [3.8, 4) is 11.4 Å². The normalized spacial score (nSPS) is 13.5. The van der Waals surface area contributed by atoms with Crippen molar-refractivity contribution in [3.63, 3.8) is 0 Å². The molecule has 1 fully saturated rings. The van der Waals surface area contributed by atoms with E-state index in [1.165, 1.54) is 10.6 Å². The van der Waals surface area contributed by atoms with E-state index in [0.717, 1.165) is 42.8 Å². The third-order valence-electron chi connectivity index (χ3n) is 6.82. The molecule has 14 heteroatoms. The number of carbonyl (C=O) groups excluding carboxylic acids is 1. The van der Waals surface area contributed by atoms with E-state index < -0.39 is 10.1 Å². The highest BCUT2D eigenvalue weighted by Gasteiger charge is 2.17. The molecule has 44 heavy (non-hydrogen) atoms. The Balaban J connectivity index is 0.000000818.